The Morgan fingerprint density at radius 2 is 1.00 bits per heavy atom. The summed E-state index contributed by atoms with van der Waals surface area (Å²) in [6, 6.07) is 0. The van der Waals surface area contributed by atoms with E-state index in [1.807, 2.05) is 0 Å². The third kappa shape index (κ3) is 18.3. The first kappa shape index (κ1) is 20.2. The number of nitrogens with two attached hydrogens (primary N) is 1. The lowest BCUT2D eigenvalue weighted by molar-refractivity contribution is 0.321. The molecule has 0 aromatic heterocycles. The molecule has 0 bridgehead atoms. The second-order valence-corrected chi connectivity index (χ2v) is 4.88. The molecule has 0 aromatic rings. The van der Waals surface area contributed by atoms with Crippen LogP contribution in [0.5, 0.6) is 0 Å². The third-order valence-corrected chi connectivity index (χ3v) is 3.40. The maximum atomic E-state index is 5.39. The highest BCUT2D eigenvalue weighted by Gasteiger charge is 1.89. The van der Waals surface area contributed by atoms with Crippen molar-refractivity contribution >= 4 is 0 Å². The Balaban J connectivity index is 0. The molecule has 0 fully saturated rings. The van der Waals surface area contributed by atoms with E-state index in [0.717, 1.165) is 6.54 Å². The predicted molar refractivity (Wildman–Crippen MR) is 85.1 cm³/mol. The smallest absolute Gasteiger partial charge is 0.00474 e. The Labute approximate surface area is 116 Å². The summed E-state index contributed by atoms with van der Waals surface area (Å²) >= 11 is 0. The van der Waals surface area contributed by atoms with Crippen LogP contribution in [0.1, 0.15) is 79.1 Å². The first-order chi connectivity index (χ1) is 8.76. The average molecular weight is 258 g/mol. The van der Waals surface area contributed by atoms with Crippen LogP contribution in [0.25, 0.3) is 0 Å². The van der Waals surface area contributed by atoms with Crippen LogP contribution < -0.4 is 5.73 Å². The summed E-state index contributed by atoms with van der Waals surface area (Å²) in [5.41, 5.74) is 5.39. The number of rotatable bonds is 11. The minimum Gasteiger partial charge on any atom is -0.330 e. The second-order valence-electron chi connectivity index (χ2n) is 4.88. The van der Waals surface area contributed by atoms with Gasteiger partial charge in [-0.2, -0.15) is 0 Å². The van der Waals surface area contributed by atoms with Crippen molar-refractivity contribution in [1.82, 2.24) is 4.90 Å². The van der Waals surface area contributed by atoms with Gasteiger partial charge in [0.15, 0.2) is 0 Å². The molecule has 0 aliphatic rings. The topological polar surface area (TPSA) is 29.3 Å². The molecule has 2 heteroatoms. The molecule has 0 amide bonds. The minimum absolute atomic E-state index is 0.870. The van der Waals surface area contributed by atoms with Crippen LogP contribution in [0, 0.1) is 0 Å². The Hall–Kier alpha value is -0.0800. The van der Waals surface area contributed by atoms with Gasteiger partial charge in [0.2, 0.25) is 0 Å². The summed E-state index contributed by atoms with van der Waals surface area (Å²) in [5, 5.41) is 0. The quantitative estimate of drug-likeness (QED) is 0.555. The monoisotopic (exact) mass is 258 g/mol. The maximum Gasteiger partial charge on any atom is -0.00474 e. The third-order valence-electron chi connectivity index (χ3n) is 3.40. The molecule has 2 N–H and O–H groups in total. The highest BCUT2D eigenvalue weighted by molar-refractivity contribution is 4.46. The molecule has 112 valence electrons. The fourth-order valence-electron chi connectivity index (χ4n) is 1.95. The lowest BCUT2D eigenvalue weighted by atomic mass is 10.1. The number of unbranched alkanes of at least 4 members (excludes halogenated alkanes) is 7. The largest absolute Gasteiger partial charge is 0.330 e. The molecule has 0 radical (unpaired) electrons. The van der Waals surface area contributed by atoms with Crippen LogP contribution in [0.15, 0.2) is 0 Å². The van der Waals surface area contributed by atoms with Gasteiger partial charge in [0.25, 0.3) is 0 Å². The van der Waals surface area contributed by atoms with Crippen molar-refractivity contribution in [2.75, 3.05) is 26.2 Å². The first-order valence-electron chi connectivity index (χ1n) is 8.19. The molecule has 0 aliphatic carbocycles. The van der Waals surface area contributed by atoms with Crippen LogP contribution in [0.4, 0.5) is 0 Å². The molecule has 0 rings (SSSR count). The summed E-state index contributed by atoms with van der Waals surface area (Å²) in [7, 11) is 0. The molecular formula is C16H38N2. The molecule has 0 saturated carbocycles. The average Bonchev–Trinajstić information content (AvgIpc) is 2.41. The second kappa shape index (κ2) is 19.3. The standard InChI is InChI=1S/C10H23N.C6H15N/c1-2-3-4-5-6-7-8-9-10-11;1-4-7(5-2)6-3/h2-11H2,1H3;4-6H2,1-3H3. The molecule has 0 spiro atoms. The minimum atomic E-state index is 0.870. The predicted octanol–water partition coefficient (Wildman–Crippen LogP) is 4.43. The summed E-state index contributed by atoms with van der Waals surface area (Å²) < 4.78 is 0. The lowest BCUT2D eigenvalue weighted by Gasteiger charge is -2.13. The summed E-state index contributed by atoms with van der Waals surface area (Å²) in [6.07, 6.45) is 11.0. The lowest BCUT2D eigenvalue weighted by Crippen LogP contribution is -2.21. The van der Waals surface area contributed by atoms with E-state index in [0.29, 0.717) is 0 Å². The van der Waals surface area contributed by atoms with Crippen LogP contribution >= 0.6 is 0 Å². The van der Waals surface area contributed by atoms with Gasteiger partial charge in [0.1, 0.15) is 0 Å². The highest BCUT2D eigenvalue weighted by Crippen LogP contribution is 2.07. The van der Waals surface area contributed by atoms with Crippen LogP contribution in [0.3, 0.4) is 0 Å². The Kier molecular flexibility index (Phi) is 21.7. The molecule has 0 aliphatic heterocycles. The van der Waals surface area contributed by atoms with Gasteiger partial charge in [-0.25, -0.2) is 0 Å². The number of hydrogen-bond acceptors (Lipinski definition) is 2. The van der Waals surface area contributed by atoms with Crippen molar-refractivity contribution < 1.29 is 0 Å². The molecular weight excluding hydrogens is 220 g/mol. The number of hydrogen-bond donors (Lipinski definition) is 1. The molecule has 18 heavy (non-hydrogen) atoms. The van der Waals surface area contributed by atoms with E-state index < -0.39 is 0 Å². The van der Waals surface area contributed by atoms with Gasteiger partial charge in [-0.15, -0.1) is 0 Å². The summed E-state index contributed by atoms with van der Waals surface area (Å²) in [6.45, 7) is 13.3. The van der Waals surface area contributed by atoms with E-state index in [-0.39, 0.29) is 0 Å². The van der Waals surface area contributed by atoms with Crippen LogP contribution in [-0.2, 0) is 0 Å². The van der Waals surface area contributed by atoms with Crippen molar-refractivity contribution in [1.29, 1.82) is 0 Å². The van der Waals surface area contributed by atoms with Gasteiger partial charge in [-0.05, 0) is 32.6 Å². The van der Waals surface area contributed by atoms with Gasteiger partial charge < -0.3 is 10.6 Å². The maximum absolute atomic E-state index is 5.39. The van der Waals surface area contributed by atoms with Crippen molar-refractivity contribution in [3.05, 3.63) is 0 Å². The molecule has 0 saturated heterocycles. The van der Waals surface area contributed by atoms with Crippen LogP contribution in [-0.4, -0.2) is 31.1 Å². The molecule has 2 nitrogen and oxygen atoms in total. The molecule has 0 heterocycles. The Morgan fingerprint density at radius 1 is 0.611 bits per heavy atom. The SMILES string of the molecule is CCCCCCCCCCN.CCN(CC)CC. The Bertz CT molecular complexity index is 109. The van der Waals surface area contributed by atoms with Crippen LogP contribution in [0.2, 0.25) is 0 Å². The normalized spacial score (nSPS) is 10.3. The summed E-state index contributed by atoms with van der Waals surface area (Å²) in [5.74, 6) is 0. The highest BCUT2D eigenvalue weighted by atomic mass is 15.1. The van der Waals surface area contributed by atoms with E-state index in [2.05, 4.69) is 32.6 Å². The van der Waals surface area contributed by atoms with Crippen molar-refractivity contribution in [3.8, 4) is 0 Å². The van der Waals surface area contributed by atoms with Gasteiger partial charge in [-0.1, -0.05) is 72.6 Å². The van der Waals surface area contributed by atoms with Crippen molar-refractivity contribution in [2.24, 2.45) is 5.73 Å². The first-order valence-corrected chi connectivity index (χ1v) is 8.19. The van der Waals surface area contributed by atoms with E-state index in [9.17, 15) is 0 Å². The fourth-order valence-corrected chi connectivity index (χ4v) is 1.95. The zero-order chi connectivity index (χ0) is 14.1. The van der Waals surface area contributed by atoms with Gasteiger partial charge in [-0.3, -0.25) is 0 Å². The van der Waals surface area contributed by atoms with Gasteiger partial charge in [0.05, 0.1) is 0 Å². The van der Waals surface area contributed by atoms with E-state index in [1.54, 1.807) is 0 Å². The van der Waals surface area contributed by atoms with E-state index >= 15 is 0 Å². The molecule has 0 atom stereocenters. The van der Waals surface area contributed by atoms with Crippen molar-refractivity contribution in [2.45, 2.75) is 79.1 Å². The Morgan fingerprint density at radius 3 is 1.28 bits per heavy atom. The van der Waals surface area contributed by atoms with Gasteiger partial charge >= 0.3 is 0 Å². The zero-order valence-electron chi connectivity index (χ0n) is 13.5. The van der Waals surface area contributed by atoms with E-state index in [1.165, 1.54) is 71.0 Å². The molecule has 0 aromatic carbocycles. The fraction of sp³-hybridized carbons (Fsp3) is 1.00. The summed E-state index contributed by atoms with van der Waals surface area (Å²) in [4.78, 5) is 2.38. The zero-order valence-corrected chi connectivity index (χ0v) is 13.5. The van der Waals surface area contributed by atoms with Gasteiger partial charge in [0, 0.05) is 0 Å². The molecule has 0 unspecified atom stereocenters. The number of nitrogens with zero attached hydrogens (tertiary/aromatic N) is 1. The van der Waals surface area contributed by atoms with E-state index in [4.69, 9.17) is 5.73 Å². The van der Waals surface area contributed by atoms with Crippen molar-refractivity contribution in [3.63, 3.8) is 0 Å².